The summed E-state index contributed by atoms with van der Waals surface area (Å²) in [6.45, 7) is 2.11. The molecule has 0 spiro atoms. The van der Waals surface area contributed by atoms with Gasteiger partial charge in [0.05, 0.1) is 6.61 Å². The zero-order chi connectivity index (χ0) is 15.3. The molecule has 1 aromatic carbocycles. The van der Waals surface area contributed by atoms with Gasteiger partial charge in [-0.25, -0.2) is 9.59 Å². The van der Waals surface area contributed by atoms with E-state index in [1.807, 2.05) is 42.5 Å². The second-order valence-electron chi connectivity index (χ2n) is 3.91. The molecule has 4 heteroatoms. The molecule has 21 heavy (non-hydrogen) atoms. The topological polar surface area (TPSA) is 52.6 Å². The Balaban J connectivity index is 2.24. The Morgan fingerprint density at radius 2 is 1.67 bits per heavy atom. The number of carbonyl (C=O) groups is 2. The molecule has 0 aromatic heterocycles. The van der Waals surface area contributed by atoms with Gasteiger partial charge in [0.2, 0.25) is 0 Å². The Hall–Kier alpha value is -2.62. The molecule has 0 amide bonds. The van der Waals surface area contributed by atoms with Crippen molar-refractivity contribution in [1.82, 2.24) is 0 Å². The Bertz CT molecular complexity index is 527. The first kappa shape index (κ1) is 16.4. The van der Waals surface area contributed by atoms with Crippen LogP contribution in [0.4, 0.5) is 0 Å². The van der Waals surface area contributed by atoms with E-state index in [9.17, 15) is 9.59 Å². The maximum Gasteiger partial charge on any atom is 0.331 e. The van der Waals surface area contributed by atoms with E-state index in [1.165, 1.54) is 0 Å². The highest BCUT2D eigenvalue weighted by molar-refractivity contribution is 5.91. The van der Waals surface area contributed by atoms with Gasteiger partial charge in [0.25, 0.3) is 0 Å². The molecule has 0 unspecified atom stereocenters. The van der Waals surface area contributed by atoms with Crippen molar-refractivity contribution in [2.75, 3.05) is 13.2 Å². The van der Waals surface area contributed by atoms with Gasteiger partial charge in [-0.05, 0) is 18.6 Å². The molecule has 4 nitrogen and oxygen atoms in total. The van der Waals surface area contributed by atoms with Gasteiger partial charge < -0.3 is 9.47 Å². The molecule has 0 saturated carbocycles. The number of benzene rings is 1. The van der Waals surface area contributed by atoms with Crippen LogP contribution in [0.5, 0.6) is 0 Å². The lowest BCUT2D eigenvalue weighted by Crippen LogP contribution is -2.04. The normalized spacial score (nSPS) is 11.3. The van der Waals surface area contributed by atoms with Crippen molar-refractivity contribution in [2.24, 2.45) is 0 Å². The van der Waals surface area contributed by atoms with Gasteiger partial charge >= 0.3 is 11.9 Å². The van der Waals surface area contributed by atoms with Crippen LogP contribution < -0.4 is 0 Å². The molecule has 0 atom stereocenters. The fourth-order valence-electron chi connectivity index (χ4n) is 1.37. The van der Waals surface area contributed by atoms with Crippen LogP contribution >= 0.6 is 0 Å². The van der Waals surface area contributed by atoms with E-state index >= 15 is 0 Å². The summed E-state index contributed by atoms with van der Waals surface area (Å²) in [6.07, 6.45) is 9.39. The summed E-state index contributed by atoms with van der Waals surface area (Å²) in [5.41, 5.74) is 1.09. The Labute approximate surface area is 124 Å². The molecule has 0 heterocycles. The lowest BCUT2D eigenvalue weighted by Gasteiger charge is -1.96. The fraction of sp³-hybridized carbons (Fsp3) is 0.176. The lowest BCUT2D eigenvalue weighted by atomic mass is 10.2. The van der Waals surface area contributed by atoms with Crippen molar-refractivity contribution in [2.45, 2.75) is 6.92 Å². The predicted molar refractivity (Wildman–Crippen MR) is 81.3 cm³/mol. The van der Waals surface area contributed by atoms with Gasteiger partial charge in [0.15, 0.2) is 0 Å². The van der Waals surface area contributed by atoms with Crippen molar-refractivity contribution in [3.63, 3.8) is 0 Å². The molecule has 0 radical (unpaired) electrons. The third-order valence-electron chi connectivity index (χ3n) is 2.30. The number of ether oxygens (including phenoxy) is 2. The van der Waals surface area contributed by atoms with E-state index in [1.54, 1.807) is 19.1 Å². The fourth-order valence-corrected chi connectivity index (χ4v) is 1.37. The van der Waals surface area contributed by atoms with Crippen molar-refractivity contribution in [3.8, 4) is 0 Å². The maximum absolute atomic E-state index is 11.2. The summed E-state index contributed by atoms with van der Waals surface area (Å²) in [5.74, 6) is -1.14. The molecule has 110 valence electrons. The summed E-state index contributed by atoms with van der Waals surface area (Å²) in [6, 6.07) is 9.85. The van der Waals surface area contributed by atoms with E-state index in [-0.39, 0.29) is 13.2 Å². The third-order valence-corrected chi connectivity index (χ3v) is 2.30. The molecule has 0 fully saturated rings. The van der Waals surface area contributed by atoms with Crippen molar-refractivity contribution >= 4 is 18.0 Å². The molecular weight excluding hydrogens is 268 g/mol. The molecule has 0 aliphatic carbocycles. The van der Waals surface area contributed by atoms with E-state index in [0.29, 0.717) is 0 Å². The number of allylic oxidation sites excluding steroid dienone is 2. The van der Waals surface area contributed by atoms with Crippen molar-refractivity contribution in [3.05, 3.63) is 66.3 Å². The summed E-state index contributed by atoms with van der Waals surface area (Å²) < 4.78 is 9.50. The first-order chi connectivity index (χ1) is 10.2. The van der Waals surface area contributed by atoms with E-state index in [2.05, 4.69) is 4.74 Å². The predicted octanol–water partition coefficient (Wildman–Crippen LogP) is 2.92. The van der Waals surface area contributed by atoms with Gasteiger partial charge in [0, 0.05) is 12.2 Å². The summed E-state index contributed by atoms with van der Waals surface area (Å²) in [5, 5.41) is 0. The first-order valence-corrected chi connectivity index (χ1v) is 6.62. The SMILES string of the molecule is CCOC(=O)/C=C/C(=O)OC/C=C/C=C/c1ccccc1. The molecule has 0 N–H and O–H groups in total. The molecule has 1 aromatic rings. The average Bonchev–Trinajstić information content (AvgIpc) is 2.50. The van der Waals surface area contributed by atoms with Gasteiger partial charge in [0.1, 0.15) is 6.61 Å². The van der Waals surface area contributed by atoms with Crippen LogP contribution in [0.1, 0.15) is 12.5 Å². The van der Waals surface area contributed by atoms with Crippen LogP contribution in [0, 0.1) is 0 Å². The molecule has 0 aliphatic rings. The van der Waals surface area contributed by atoms with Crippen LogP contribution in [-0.2, 0) is 19.1 Å². The van der Waals surface area contributed by atoms with Gasteiger partial charge in [-0.2, -0.15) is 0 Å². The van der Waals surface area contributed by atoms with Crippen LogP contribution in [0.25, 0.3) is 6.08 Å². The number of esters is 2. The minimum absolute atomic E-state index is 0.144. The average molecular weight is 286 g/mol. The van der Waals surface area contributed by atoms with E-state index in [4.69, 9.17) is 4.74 Å². The highest BCUT2D eigenvalue weighted by Crippen LogP contribution is 2.00. The van der Waals surface area contributed by atoms with Crippen molar-refractivity contribution < 1.29 is 19.1 Å². The Morgan fingerprint density at radius 3 is 2.33 bits per heavy atom. The third kappa shape index (κ3) is 8.21. The van der Waals surface area contributed by atoms with Gasteiger partial charge in [-0.3, -0.25) is 0 Å². The zero-order valence-electron chi connectivity index (χ0n) is 11.9. The maximum atomic E-state index is 11.2. The standard InChI is InChI=1S/C17H18O4/c1-2-20-16(18)12-13-17(19)21-14-8-4-7-11-15-9-5-3-6-10-15/h3-13H,2,14H2,1H3/b8-4+,11-7+,13-12+. The number of hydrogen-bond donors (Lipinski definition) is 0. The zero-order valence-corrected chi connectivity index (χ0v) is 11.9. The van der Waals surface area contributed by atoms with Crippen molar-refractivity contribution in [1.29, 1.82) is 0 Å². The molecule has 0 saturated heterocycles. The number of rotatable bonds is 7. The first-order valence-electron chi connectivity index (χ1n) is 6.62. The second kappa shape index (κ2) is 10.2. The minimum Gasteiger partial charge on any atom is -0.463 e. The second-order valence-corrected chi connectivity index (χ2v) is 3.91. The van der Waals surface area contributed by atoms with Crippen LogP contribution in [0.3, 0.4) is 0 Å². The van der Waals surface area contributed by atoms with Gasteiger partial charge in [-0.1, -0.05) is 48.6 Å². The van der Waals surface area contributed by atoms with Gasteiger partial charge in [-0.15, -0.1) is 0 Å². The highest BCUT2D eigenvalue weighted by Gasteiger charge is 1.98. The Kier molecular flexibility index (Phi) is 7.98. The van der Waals surface area contributed by atoms with Crippen LogP contribution in [-0.4, -0.2) is 25.2 Å². The Morgan fingerprint density at radius 1 is 1.00 bits per heavy atom. The van der Waals surface area contributed by atoms with E-state index in [0.717, 1.165) is 17.7 Å². The molecule has 0 aliphatic heterocycles. The number of carbonyl (C=O) groups excluding carboxylic acids is 2. The highest BCUT2D eigenvalue weighted by atomic mass is 16.5. The molecular formula is C17H18O4. The quantitative estimate of drug-likeness (QED) is 0.439. The summed E-state index contributed by atoms with van der Waals surface area (Å²) >= 11 is 0. The lowest BCUT2D eigenvalue weighted by molar-refractivity contribution is -0.139. The summed E-state index contributed by atoms with van der Waals surface area (Å²) in [4.78, 5) is 22.2. The number of hydrogen-bond acceptors (Lipinski definition) is 4. The minimum atomic E-state index is -0.584. The summed E-state index contributed by atoms with van der Waals surface area (Å²) in [7, 11) is 0. The van der Waals surface area contributed by atoms with Crippen LogP contribution in [0.15, 0.2) is 60.7 Å². The molecule has 0 bridgehead atoms. The molecule has 1 rings (SSSR count). The van der Waals surface area contributed by atoms with Crippen LogP contribution in [0.2, 0.25) is 0 Å². The van der Waals surface area contributed by atoms with E-state index < -0.39 is 11.9 Å². The monoisotopic (exact) mass is 286 g/mol. The largest absolute Gasteiger partial charge is 0.463 e. The smallest absolute Gasteiger partial charge is 0.331 e.